The predicted octanol–water partition coefficient (Wildman–Crippen LogP) is 1.49. The maximum Gasteiger partial charge on any atom is 0.309 e. The van der Waals surface area contributed by atoms with Gasteiger partial charge in [0, 0.05) is 6.07 Å². The zero-order valence-corrected chi connectivity index (χ0v) is 7.25. The molecule has 1 rings (SSSR count). The summed E-state index contributed by atoms with van der Waals surface area (Å²) in [6.45, 7) is 0. The van der Waals surface area contributed by atoms with Crippen molar-refractivity contribution in [1.29, 1.82) is 0 Å². The van der Waals surface area contributed by atoms with Crippen LogP contribution in [0.2, 0.25) is 0 Å². The molecule has 1 heterocycles. The Morgan fingerprint density at radius 2 is 2.13 bits per heavy atom. The number of pyridine rings is 1. The molecule has 0 aromatic carbocycles. The Morgan fingerprint density at radius 1 is 1.53 bits per heavy atom. The largest absolute Gasteiger partial charge is 0.506 e. The van der Waals surface area contributed by atoms with Crippen LogP contribution in [-0.2, 0) is 11.2 Å². The molecule has 15 heavy (non-hydrogen) atoms. The van der Waals surface area contributed by atoms with Gasteiger partial charge >= 0.3 is 5.97 Å². The highest BCUT2D eigenvalue weighted by Gasteiger charge is 2.19. The molecule has 0 radical (unpaired) electrons. The van der Waals surface area contributed by atoms with Crippen molar-refractivity contribution in [1.82, 2.24) is 4.98 Å². The maximum atomic E-state index is 12.9. The fraction of sp³-hybridized carbons (Fsp3) is 0.250. The van der Waals surface area contributed by atoms with Crippen molar-refractivity contribution in [2.24, 2.45) is 0 Å². The number of carbonyl (C=O) groups is 1. The van der Waals surface area contributed by atoms with E-state index in [0.29, 0.717) is 6.07 Å². The van der Waals surface area contributed by atoms with Gasteiger partial charge in [-0.1, -0.05) is 0 Å². The molecule has 7 heteroatoms. The van der Waals surface area contributed by atoms with E-state index in [-0.39, 0.29) is 0 Å². The third kappa shape index (κ3) is 2.58. The second-order valence-corrected chi connectivity index (χ2v) is 2.69. The Morgan fingerprint density at radius 3 is 2.60 bits per heavy atom. The van der Waals surface area contributed by atoms with Crippen LogP contribution in [0.25, 0.3) is 0 Å². The Labute approximate surface area is 82.0 Å². The van der Waals surface area contributed by atoms with Crippen LogP contribution in [0.3, 0.4) is 0 Å². The first-order valence-corrected chi connectivity index (χ1v) is 3.80. The zero-order valence-electron chi connectivity index (χ0n) is 7.25. The summed E-state index contributed by atoms with van der Waals surface area (Å²) in [6.07, 6.45) is -3.90. The van der Waals surface area contributed by atoms with E-state index in [1.807, 2.05) is 0 Å². The Kier molecular flexibility index (Phi) is 3.13. The number of alkyl halides is 2. The van der Waals surface area contributed by atoms with E-state index >= 15 is 0 Å². The normalized spacial score (nSPS) is 10.7. The third-order valence-corrected chi connectivity index (χ3v) is 1.58. The van der Waals surface area contributed by atoms with E-state index in [4.69, 9.17) is 10.2 Å². The van der Waals surface area contributed by atoms with Gasteiger partial charge in [0.2, 0.25) is 0 Å². The highest BCUT2D eigenvalue weighted by molar-refractivity contribution is 5.69. The van der Waals surface area contributed by atoms with Gasteiger partial charge in [-0.2, -0.15) is 0 Å². The summed E-state index contributed by atoms with van der Waals surface area (Å²) in [7, 11) is 0. The molecule has 0 fully saturated rings. The minimum atomic E-state index is -3.09. The first-order valence-electron chi connectivity index (χ1n) is 3.80. The molecule has 0 aliphatic rings. The van der Waals surface area contributed by atoms with Gasteiger partial charge < -0.3 is 10.2 Å². The first-order chi connectivity index (χ1) is 6.91. The smallest absolute Gasteiger partial charge is 0.309 e. The van der Waals surface area contributed by atoms with Crippen LogP contribution in [-0.4, -0.2) is 21.2 Å². The van der Waals surface area contributed by atoms with E-state index in [1.54, 1.807) is 0 Å². The number of nitrogens with zero attached hydrogens (tertiary/aromatic N) is 1. The quantitative estimate of drug-likeness (QED) is 0.811. The molecule has 0 bridgehead atoms. The van der Waals surface area contributed by atoms with Crippen LogP contribution in [0.1, 0.15) is 17.8 Å². The lowest BCUT2D eigenvalue weighted by molar-refractivity contribution is -0.136. The van der Waals surface area contributed by atoms with Crippen molar-refractivity contribution in [2.45, 2.75) is 12.8 Å². The summed E-state index contributed by atoms with van der Waals surface area (Å²) in [6, 6.07) is 0.423. The van der Waals surface area contributed by atoms with E-state index in [0.717, 1.165) is 0 Å². The van der Waals surface area contributed by atoms with Crippen molar-refractivity contribution >= 4 is 5.97 Å². The number of hydrogen-bond acceptors (Lipinski definition) is 3. The monoisotopic (exact) mass is 221 g/mol. The molecule has 1 aromatic rings. The van der Waals surface area contributed by atoms with Crippen LogP contribution in [0.4, 0.5) is 13.2 Å². The van der Waals surface area contributed by atoms with Gasteiger partial charge in [0.25, 0.3) is 6.43 Å². The average Bonchev–Trinajstić information content (AvgIpc) is 2.08. The number of aromatic hydroxyl groups is 1. The fourth-order valence-corrected chi connectivity index (χ4v) is 0.961. The Bertz CT molecular complexity index is 395. The molecule has 0 saturated heterocycles. The highest BCUT2D eigenvalue weighted by Crippen LogP contribution is 2.27. The topological polar surface area (TPSA) is 70.4 Å². The zero-order chi connectivity index (χ0) is 11.6. The Hall–Kier alpha value is -1.79. The minimum Gasteiger partial charge on any atom is -0.506 e. The molecular weight excluding hydrogens is 215 g/mol. The predicted molar refractivity (Wildman–Crippen MR) is 42.2 cm³/mol. The van der Waals surface area contributed by atoms with Gasteiger partial charge in [-0.15, -0.1) is 0 Å². The molecule has 0 unspecified atom stereocenters. The first kappa shape index (κ1) is 11.3. The van der Waals surface area contributed by atoms with Gasteiger partial charge in [-0.05, 0) is 0 Å². The summed E-state index contributed by atoms with van der Waals surface area (Å²) in [5.41, 5.74) is -1.65. The molecular formula is C8H6F3NO3. The van der Waals surface area contributed by atoms with Crippen LogP contribution in [0, 0.1) is 5.82 Å². The van der Waals surface area contributed by atoms with Crippen LogP contribution >= 0.6 is 0 Å². The van der Waals surface area contributed by atoms with E-state index in [9.17, 15) is 18.0 Å². The van der Waals surface area contributed by atoms with Gasteiger partial charge in [0.1, 0.15) is 17.3 Å². The lowest BCUT2D eigenvalue weighted by Crippen LogP contribution is -2.07. The van der Waals surface area contributed by atoms with Crippen LogP contribution in [0.5, 0.6) is 5.75 Å². The standard InChI is InChI=1S/C8H6F3NO3/c9-3-1-5(13)7(8(10)11)12-4(3)2-6(14)15/h1,8,13H,2H2,(H,14,15). The number of carboxylic acid groups (broad SMARTS) is 1. The number of halogens is 3. The number of aliphatic carboxylic acids is 1. The second-order valence-electron chi connectivity index (χ2n) is 2.69. The van der Waals surface area contributed by atoms with Gasteiger partial charge in [-0.3, -0.25) is 4.79 Å². The summed E-state index contributed by atoms with van der Waals surface area (Å²) in [5.74, 6) is -3.51. The fourth-order valence-electron chi connectivity index (χ4n) is 0.961. The molecule has 0 saturated carbocycles. The molecule has 0 spiro atoms. The van der Waals surface area contributed by atoms with Crippen molar-refractivity contribution < 1.29 is 28.2 Å². The summed E-state index contributed by atoms with van der Waals surface area (Å²) >= 11 is 0. The second kappa shape index (κ2) is 4.16. The molecule has 0 atom stereocenters. The number of rotatable bonds is 3. The number of aromatic nitrogens is 1. The van der Waals surface area contributed by atoms with Crippen molar-refractivity contribution in [2.75, 3.05) is 0 Å². The molecule has 4 nitrogen and oxygen atoms in total. The van der Waals surface area contributed by atoms with Gasteiger partial charge in [0.15, 0.2) is 0 Å². The van der Waals surface area contributed by atoms with Gasteiger partial charge in [0.05, 0.1) is 12.1 Å². The highest BCUT2D eigenvalue weighted by atomic mass is 19.3. The van der Waals surface area contributed by atoms with Crippen LogP contribution < -0.4 is 0 Å². The molecule has 0 aliphatic carbocycles. The SMILES string of the molecule is O=C(O)Cc1nc(C(F)F)c(O)cc1F. The summed E-state index contributed by atoms with van der Waals surface area (Å²) < 4.78 is 37.3. The summed E-state index contributed by atoms with van der Waals surface area (Å²) in [4.78, 5) is 13.3. The van der Waals surface area contributed by atoms with E-state index in [1.165, 1.54) is 0 Å². The van der Waals surface area contributed by atoms with Crippen molar-refractivity contribution in [3.05, 3.63) is 23.3 Å². The lowest BCUT2D eigenvalue weighted by Gasteiger charge is -2.05. The van der Waals surface area contributed by atoms with Crippen molar-refractivity contribution in [3.8, 4) is 5.75 Å². The van der Waals surface area contributed by atoms with Crippen molar-refractivity contribution in [3.63, 3.8) is 0 Å². The van der Waals surface area contributed by atoms with E-state index < -0.39 is 41.8 Å². The minimum absolute atomic E-state index is 0.423. The lowest BCUT2D eigenvalue weighted by atomic mass is 10.2. The molecule has 82 valence electrons. The van der Waals surface area contributed by atoms with Gasteiger partial charge in [-0.25, -0.2) is 18.2 Å². The Balaban J connectivity index is 3.17. The van der Waals surface area contributed by atoms with E-state index in [2.05, 4.69) is 4.98 Å². The molecule has 1 aromatic heterocycles. The summed E-state index contributed by atoms with van der Waals surface area (Å²) in [5, 5.41) is 17.2. The maximum absolute atomic E-state index is 12.9. The molecule has 0 aliphatic heterocycles. The third-order valence-electron chi connectivity index (χ3n) is 1.58. The number of carboxylic acids is 1. The molecule has 2 N–H and O–H groups in total. The number of hydrogen-bond donors (Lipinski definition) is 2. The van der Waals surface area contributed by atoms with Crippen LogP contribution in [0.15, 0.2) is 6.07 Å². The molecule has 0 amide bonds. The average molecular weight is 221 g/mol.